The minimum atomic E-state index is -0.291. The van der Waals surface area contributed by atoms with E-state index in [9.17, 15) is 4.79 Å². The number of nitrogens with zero attached hydrogens (tertiary/aromatic N) is 1. The minimum absolute atomic E-state index is 0.291. The van der Waals surface area contributed by atoms with Gasteiger partial charge in [0.1, 0.15) is 0 Å². The maximum Gasteiger partial charge on any atom is 0.314 e. The maximum atomic E-state index is 11.0. The first-order chi connectivity index (χ1) is 8.16. The number of amides is 2. The van der Waals surface area contributed by atoms with Gasteiger partial charge < -0.3 is 20.7 Å². The van der Waals surface area contributed by atoms with E-state index in [-0.39, 0.29) is 6.03 Å². The smallest absolute Gasteiger partial charge is 0.314 e. The van der Waals surface area contributed by atoms with Crippen molar-refractivity contribution in [1.82, 2.24) is 10.2 Å². The van der Waals surface area contributed by atoms with E-state index < -0.39 is 0 Å². The lowest BCUT2D eigenvalue weighted by Crippen LogP contribution is -2.50. The van der Waals surface area contributed by atoms with E-state index in [1.165, 1.54) is 0 Å². The molecule has 2 fully saturated rings. The second-order valence-electron chi connectivity index (χ2n) is 5.18. The highest BCUT2D eigenvalue weighted by Crippen LogP contribution is 2.18. The Labute approximate surface area is 103 Å². The van der Waals surface area contributed by atoms with Gasteiger partial charge in [0.2, 0.25) is 0 Å². The second kappa shape index (κ2) is 5.69. The summed E-state index contributed by atoms with van der Waals surface area (Å²) in [5.74, 6) is 0.643. The van der Waals surface area contributed by atoms with E-state index in [1.54, 1.807) is 4.90 Å². The number of hydrogen-bond acceptors (Lipinski definition) is 3. The molecule has 2 aliphatic rings. The lowest BCUT2D eigenvalue weighted by atomic mass is 9.97. The van der Waals surface area contributed by atoms with Crippen LogP contribution in [-0.4, -0.2) is 49.3 Å². The van der Waals surface area contributed by atoms with Crippen LogP contribution in [0, 0.1) is 5.92 Å². The van der Waals surface area contributed by atoms with Crippen molar-refractivity contribution >= 4 is 6.03 Å². The molecule has 0 spiro atoms. The van der Waals surface area contributed by atoms with E-state index in [2.05, 4.69) is 12.2 Å². The summed E-state index contributed by atoms with van der Waals surface area (Å²) in [5, 5.41) is 3.66. The molecule has 2 amide bonds. The summed E-state index contributed by atoms with van der Waals surface area (Å²) in [4.78, 5) is 12.7. The van der Waals surface area contributed by atoms with Crippen LogP contribution in [0.3, 0.4) is 0 Å². The molecule has 2 saturated heterocycles. The number of primary amides is 1. The minimum Gasteiger partial charge on any atom is -0.381 e. The van der Waals surface area contributed by atoms with Crippen molar-refractivity contribution in [3.05, 3.63) is 0 Å². The molecule has 0 saturated carbocycles. The van der Waals surface area contributed by atoms with Crippen molar-refractivity contribution in [3.8, 4) is 0 Å². The van der Waals surface area contributed by atoms with E-state index >= 15 is 0 Å². The average molecular weight is 241 g/mol. The zero-order valence-corrected chi connectivity index (χ0v) is 10.5. The Kier molecular flexibility index (Phi) is 4.23. The molecular weight excluding hydrogens is 218 g/mol. The molecule has 0 aliphatic carbocycles. The summed E-state index contributed by atoms with van der Waals surface area (Å²) in [6.45, 7) is 5.58. The van der Waals surface area contributed by atoms with Crippen LogP contribution in [0.15, 0.2) is 0 Å². The molecule has 2 aliphatic heterocycles. The third-order valence-electron chi connectivity index (χ3n) is 3.98. The number of likely N-dealkylation sites (tertiary alicyclic amines) is 1. The lowest BCUT2D eigenvalue weighted by Gasteiger charge is -2.34. The number of nitrogens with one attached hydrogen (secondary N) is 1. The quantitative estimate of drug-likeness (QED) is 0.758. The highest BCUT2D eigenvalue weighted by Gasteiger charge is 2.26. The van der Waals surface area contributed by atoms with Gasteiger partial charge in [-0.05, 0) is 32.1 Å². The second-order valence-corrected chi connectivity index (χ2v) is 5.18. The fraction of sp³-hybridized carbons (Fsp3) is 0.917. The van der Waals surface area contributed by atoms with Gasteiger partial charge >= 0.3 is 6.03 Å². The molecule has 0 aromatic rings. The molecule has 2 atom stereocenters. The summed E-state index contributed by atoms with van der Waals surface area (Å²) < 4.78 is 5.41. The Balaban J connectivity index is 1.72. The van der Waals surface area contributed by atoms with Gasteiger partial charge in [-0.25, -0.2) is 4.79 Å². The third-order valence-corrected chi connectivity index (χ3v) is 3.98. The Morgan fingerprint density at radius 1 is 1.41 bits per heavy atom. The third kappa shape index (κ3) is 3.33. The zero-order valence-electron chi connectivity index (χ0n) is 10.5. The number of carbonyl (C=O) groups is 1. The molecule has 2 unspecified atom stereocenters. The molecule has 5 heteroatoms. The highest BCUT2D eigenvalue weighted by molar-refractivity contribution is 5.72. The molecule has 2 heterocycles. The van der Waals surface area contributed by atoms with E-state index in [0.29, 0.717) is 18.0 Å². The summed E-state index contributed by atoms with van der Waals surface area (Å²) >= 11 is 0. The van der Waals surface area contributed by atoms with Crippen LogP contribution in [-0.2, 0) is 4.74 Å². The number of carbonyl (C=O) groups excluding carboxylic acids is 1. The molecule has 2 rings (SSSR count). The van der Waals surface area contributed by atoms with Crippen molar-refractivity contribution in [3.63, 3.8) is 0 Å². The van der Waals surface area contributed by atoms with Gasteiger partial charge in [-0.1, -0.05) is 0 Å². The van der Waals surface area contributed by atoms with Crippen LogP contribution in [0.5, 0.6) is 0 Å². The zero-order chi connectivity index (χ0) is 12.3. The molecule has 0 bridgehead atoms. The Morgan fingerprint density at radius 3 is 2.65 bits per heavy atom. The first kappa shape index (κ1) is 12.6. The van der Waals surface area contributed by atoms with Crippen molar-refractivity contribution in [2.45, 2.75) is 38.3 Å². The van der Waals surface area contributed by atoms with Crippen LogP contribution in [0.25, 0.3) is 0 Å². The Hall–Kier alpha value is -0.810. The lowest BCUT2D eigenvalue weighted by molar-refractivity contribution is 0.165. The summed E-state index contributed by atoms with van der Waals surface area (Å²) in [7, 11) is 0. The van der Waals surface area contributed by atoms with Crippen molar-refractivity contribution in [2.75, 3.05) is 26.3 Å². The molecule has 0 aromatic carbocycles. The van der Waals surface area contributed by atoms with Crippen LogP contribution < -0.4 is 11.1 Å². The van der Waals surface area contributed by atoms with Crippen LogP contribution in [0.2, 0.25) is 0 Å². The van der Waals surface area contributed by atoms with E-state index in [4.69, 9.17) is 10.5 Å². The standard InChI is InChI=1S/C12H23N3O2/c1-9(10-4-7-17-8-10)14-11-2-5-15(6-3-11)12(13)16/h9-11,14H,2-8H2,1H3,(H2,13,16). The van der Waals surface area contributed by atoms with Crippen molar-refractivity contribution < 1.29 is 9.53 Å². The monoisotopic (exact) mass is 241 g/mol. The Morgan fingerprint density at radius 2 is 2.12 bits per heavy atom. The maximum absolute atomic E-state index is 11.0. The molecular formula is C12H23N3O2. The van der Waals surface area contributed by atoms with Gasteiger partial charge in [0.05, 0.1) is 6.61 Å². The Bertz CT molecular complexity index is 258. The van der Waals surface area contributed by atoms with Gasteiger partial charge in [-0.3, -0.25) is 0 Å². The summed E-state index contributed by atoms with van der Waals surface area (Å²) in [5.41, 5.74) is 5.26. The summed E-state index contributed by atoms with van der Waals surface area (Å²) in [6, 6.07) is 0.726. The van der Waals surface area contributed by atoms with Gasteiger partial charge in [0, 0.05) is 31.8 Å². The van der Waals surface area contributed by atoms with E-state index in [1.807, 2.05) is 0 Å². The first-order valence-corrected chi connectivity index (χ1v) is 6.55. The first-order valence-electron chi connectivity index (χ1n) is 6.55. The molecule has 98 valence electrons. The number of nitrogens with two attached hydrogens (primary N) is 1. The SMILES string of the molecule is CC(NC1CCN(C(N)=O)CC1)C1CCOC1. The van der Waals surface area contributed by atoms with Crippen LogP contribution in [0.4, 0.5) is 4.79 Å². The topological polar surface area (TPSA) is 67.6 Å². The van der Waals surface area contributed by atoms with E-state index in [0.717, 1.165) is 45.6 Å². The number of rotatable bonds is 3. The average Bonchev–Trinajstić information content (AvgIpc) is 2.83. The number of hydrogen-bond donors (Lipinski definition) is 2. The molecule has 5 nitrogen and oxygen atoms in total. The van der Waals surface area contributed by atoms with Gasteiger partial charge in [-0.2, -0.15) is 0 Å². The largest absolute Gasteiger partial charge is 0.381 e. The highest BCUT2D eigenvalue weighted by atomic mass is 16.5. The van der Waals surface area contributed by atoms with Gasteiger partial charge in [0.15, 0.2) is 0 Å². The van der Waals surface area contributed by atoms with Crippen LogP contribution in [0.1, 0.15) is 26.2 Å². The number of ether oxygens (including phenoxy) is 1. The predicted molar refractivity (Wildman–Crippen MR) is 65.7 cm³/mol. The normalized spacial score (nSPS) is 28.3. The molecule has 0 aromatic heterocycles. The number of urea groups is 1. The van der Waals surface area contributed by atoms with Crippen molar-refractivity contribution in [1.29, 1.82) is 0 Å². The molecule has 3 N–H and O–H groups in total. The van der Waals surface area contributed by atoms with Gasteiger partial charge in [0.25, 0.3) is 0 Å². The van der Waals surface area contributed by atoms with Crippen molar-refractivity contribution in [2.24, 2.45) is 11.7 Å². The van der Waals surface area contributed by atoms with Crippen LogP contribution >= 0.6 is 0 Å². The predicted octanol–water partition coefficient (Wildman–Crippen LogP) is 0.544. The summed E-state index contributed by atoms with van der Waals surface area (Å²) in [6.07, 6.45) is 3.16. The number of piperidine rings is 1. The molecule has 0 radical (unpaired) electrons. The molecule has 17 heavy (non-hydrogen) atoms. The van der Waals surface area contributed by atoms with Gasteiger partial charge in [-0.15, -0.1) is 0 Å². The fourth-order valence-electron chi connectivity index (χ4n) is 2.72. The fourth-order valence-corrected chi connectivity index (χ4v) is 2.72.